The Hall–Kier alpha value is -1.06. The molecular weight excluding hydrogens is 213 g/mol. The summed E-state index contributed by atoms with van der Waals surface area (Å²) in [4.78, 5) is 2.82. The monoisotopic (exact) mass is 216 g/mol. The van der Waals surface area contributed by atoms with Crippen molar-refractivity contribution in [3.63, 3.8) is 0 Å². The molecule has 0 atom stereocenters. The lowest BCUT2D eigenvalue weighted by molar-refractivity contribution is 0.627. The molecule has 0 aromatic heterocycles. The zero-order chi connectivity index (χ0) is 8.27. The van der Waals surface area contributed by atoms with E-state index in [0.717, 1.165) is 0 Å². The van der Waals surface area contributed by atoms with Gasteiger partial charge in [-0.1, -0.05) is 0 Å². The summed E-state index contributed by atoms with van der Waals surface area (Å²) in [6, 6.07) is 3.97. The number of hydrogen-bond donors (Lipinski definition) is 1. The lowest BCUT2D eigenvalue weighted by Crippen LogP contribution is -1.73. The highest BCUT2D eigenvalue weighted by atomic mass is 79.9. The third-order valence-corrected chi connectivity index (χ3v) is 1.70. The molecule has 0 unspecified atom stereocenters. The first-order chi connectivity index (χ1) is 5.24. The van der Waals surface area contributed by atoms with Crippen molar-refractivity contribution in [3.05, 3.63) is 28.5 Å². The van der Waals surface area contributed by atoms with Crippen molar-refractivity contribution in [3.8, 4) is 0 Å². The quantitative estimate of drug-likeness (QED) is 0.555. The molecule has 3 nitrogen and oxygen atoms in total. The Balaban J connectivity index is 3.19. The van der Waals surface area contributed by atoms with E-state index in [2.05, 4.69) is 26.0 Å². The smallest absolute Gasteiger partial charge is 0.207 e. The third-order valence-electron chi connectivity index (χ3n) is 1.07. The van der Waals surface area contributed by atoms with Crippen LogP contribution in [0.4, 0.5) is 10.1 Å². The van der Waals surface area contributed by atoms with Gasteiger partial charge in [-0.2, -0.15) is 0 Å². The van der Waals surface area contributed by atoms with Crippen LogP contribution in [0.3, 0.4) is 0 Å². The Bertz CT molecular complexity index is 320. The van der Waals surface area contributed by atoms with Crippen LogP contribution in [-0.2, 0) is 0 Å². The SMILES string of the molecule is N=[N+]=Nc1ccc(F)cc1Br. The van der Waals surface area contributed by atoms with Crippen LogP contribution >= 0.6 is 15.9 Å². The molecule has 0 saturated carbocycles. The molecule has 1 rings (SSSR count). The van der Waals surface area contributed by atoms with E-state index < -0.39 is 0 Å². The summed E-state index contributed by atoms with van der Waals surface area (Å²) in [5.74, 6) is -0.346. The fourth-order valence-corrected chi connectivity index (χ4v) is 1.05. The summed E-state index contributed by atoms with van der Waals surface area (Å²) in [7, 11) is 0. The van der Waals surface area contributed by atoms with Crippen LogP contribution in [0.15, 0.2) is 27.8 Å². The standard InChI is InChI=1S/C6H4BrFN3/c7-5-3-4(8)1-2-6(5)10-11-9/h1-3,9H/q+1. The molecule has 0 heterocycles. The second-order valence-electron chi connectivity index (χ2n) is 1.80. The Labute approximate surface area is 70.6 Å². The van der Waals surface area contributed by atoms with Gasteiger partial charge in [0, 0.05) is 0 Å². The third kappa shape index (κ3) is 1.93. The number of nitrogens with zero attached hydrogens (tertiary/aromatic N) is 2. The number of hydrogen-bond acceptors (Lipinski definition) is 2. The fraction of sp³-hybridized carbons (Fsp3) is 0. The van der Waals surface area contributed by atoms with Gasteiger partial charge in [-0.15, -0.1) is 0 Å². The number of benzene rings is 1. The number of rotatable bonds is 1. The van der Waals surface area contributed by atoms with E-state index in [-0.39, 0.29) is 5.82 Å². The van der Waals surface area contributed by atoms with Crippen LogP contribution in [0, 0.1) is 11.3 Å². The van der Waals surface area contributed by atoms with Crippen molar-refractivity contribution in [2.75, 3.05) is 0 Å². The van der Waals surface area contributed by atoms with Crippen LogP contribution in [0.5, 0.6) is 0 Å². The van der Waals surface area contributed by atoms with E-state index in [0.29, 0.717) is 10.2 Å². The summed E-state index contributed by atoms with van der Waals surface area (Å²) >= 11 is 3.07. The molecule has 0 aliphatic carbocycles. The Morgan fingerprint density at radius 1 is 1.55 bits per heavy atom. The molecule has 56 valence electrons. The Kier molecular flexibility index (Phi) is 2.46. The van der Waals surface area contributed by atoms with Crippen LogP contribution in [0.25, 0.3) is 0 Å². The van der Waals surface area contributed by atoms with E-state index in [1.54, 1.807) is 0 Å². The predicted molar refractivity (Wildman–Crippen MR) is 41.0 cm³/mol. The summed E-state index contributed by atoms with van der Waals surface area (Å²) in [6.45, 7) is 0. The molecule has 1 aromatic carbocycles. The van der Waals surface area contributed by atoms with Crippen LogP contribution in [0.2, 0.25) is 0 Å². The highest BCUT2D eigenvalue weighted by Crippen LogP contribution is 2.24. The van der Waals surface area contributed by atoms with E-state index in [9.17, 15) is 4.39 Å². The first-order valence-corrected chi connectivity index (χ1v) is 3.56. The Morgan fingerprint density at radius 2 is 2.27 bits per heavy atom. The maximum atomic E-state index is 12.4. The molecule has 0 radical (unpaired) electrons. The van der Waals surface area contributed by atoms with Crippen molar-refractivity contribution in [1.29, 1.82) is 5.53 Å². The maximum absolute atomic E-state index is 12.4. The molecule has 0 fully saturated rings. The number of halogens is 2. The van der Waals surface area contributed by atoms with Gasteiger partial charge in [0.15, 0.2) is 10.8 Å². The van der Waals surface area contributed by atoms with E-state index in [1.165, 1.54) is 18.2 Å². The average Bonchev–Trinajstić information content (AvgIpc) is 1.95. The van der Waals surface area contributed by atoms with Crippen LogP contribution < -0.4 is 4.91 Å². The molecule has 0 aliphatic rings. The molecule has 0 aliphatic heterocycles. The maximum Gasteiger partial charge on any atom is 0.220 e. The van der Waals surface area contributed by atoms with Crippen molar-refractivity contribution in [1.82, 2.24) is 4.91 Å². The van der Waals surface area contributed by atoms with Crippen molar-refractivity contribution in [2.24, 2.45) is 5.11 Å². The van der Waals surface area contributed by atoms with Crippen LogP contribution in [0.1, 0.15) is 0 Å². The van der Waals surface area contributed by atoms with Gasteiger partial charge in [0.05, 0.1) is 4.47 Å². The first kappa shape index (κ1) is 8.04. The average molecular weight is 217 g/mol. The molecule has 0 amide bonds. The highest BCUT2D eigenvalue weighted by molar-refractivity contribution is 9.10. The van der Waals surface area contributed by atoms with Gasteiger partial charge in [0.2, 0.25) is 4.91 Å². The van der Waals surface area contributed by atoms with Crippen molar-refractivity contribution < 1.29 is 4.39 Å². The van der Waals surface area contributed by atoms with Gasteiger partial charge in [-0.3, -0.25) is 0 Å². The van der Waals surface area contributed by atoms with Crippen molar-refractivity contribution in [2.45, 2.75) is 0 Å². The minimum Gasteiger partial charge on any atom is -0.207 e. The largest absolute Gasteiger partial charge is 0.220 e. The lowest BCUT2D eigenvalue weighted by Gasteiger charge is -1.89. The normalized spacial score (nSPS) is 8.91. The van der Waals surface area contributed by atoms with Gasteiger partial charge in [-0.05, 0) is 34.1 Å². The number of nitrogens with one attached hydrogen (secondary N) is 1. The Morgan fingerprint density at radius 3 is 2.82 bits per heavy atom. The van der Waals surface area contributed by atoms with E-state index in [1.807, 2.05) is 0 Å². The molecule has 1 aromatic rings. The minimum absolute atomic E-state index is 0.346. The zero-order valence-corrected chi connectivity index (χ0v) is 6.97. The van der Waals surface area contributed by atoms with E-state index >= 15 is 0 Å². The molecule has 0 saturated heterocycles. The van der Waals surface area contributed by atoms with Crippen LogP contribution in [-0.4, -0.2) is 0 Å². The molecule has 1 N–H and O–H groups in total. The molecule has 0 bridgehead atoms. The second kappa shape index (κ2) is 3.37. The molecule has 0 spiro atoms. The van der Waals surface area contributed by atoms with Crippen molar-refractivity contribution >= 4 is 21.6 Å². The summed E-state index contributed by atoms with van der Waals surface area (Å²) in [5.41, 5.74) is 6.88. The lowest BCUT2D eigenvalue weighted by atomic mass is 10.3. The highest BCUT2D eigenvalue weighted by Gasteiger charge is 2.03. The topological polar surface area (TPSA) is 50.3 Å². The van der Waals surface area contributed by atoms with Gasteiger partial charge in [0.25, 0.3) is 0 Å². The summed E-state index contributed by atoms with van der Waals surface area (Å²) in [6.07, 6.45) is 0. The fourth-order valence-electron chi connectivity index (χ4n) is 0.616. The first-order valence-electron chi connectivity index (χ1n) is 2.76. The summed E-state index contributed by atoms with van der Waals surface area (Å²) in [5, 5.41) is 3.43. The second-order valence-corrected chi connectivity index (χ2v) is 2.65. The summed E-state index contributed by atoms with van der Waals surface area (Å²) < 4.78 is 12.9. The van der Waals surface area contributed by atoms with E-state index in [4.69, 9.17) is 5.53 Å². The van der Waals surface area contributed by atoms with Gasteiger partial charge in [0.1, 0.15) is 11.3 Å². The predicted octanol–water partition coefficient (Wildman–Crippen LogP) is 2.77. The zero-order valence-electron chi connectivity index (χ0n) is 5.38. The van der Waals surface area contributed by atoms with Gasteiger partial charge < -0.3 is 0 Å². The molecule has 5 heteroatoms. The van der Waals surface area contributed by atoms with Gasteiger partial charge in [-0.25, -0.2) is 4.39 Å². The molecule has 11 heavy (non-hydrogen) atoms. The molecular formula is C6H4BrFN3+. The minimum atomic E-state index is -0.346. The van der Waals surface area contributed by atoms with Gasteiger partial charge >= 0.3 is 0 Å².